The maximum absolute atomic E-state index is 13.0. The third-order valence-electron chi connectivity index (χ3n) is 4.70. The molecule has 0 spiro atoms. The molecule has 0 radical (unpaired) electrons. The number of nitrogens with one attached hydrogen (secondary N) is 1. The van der Waals surface area contributed by atoms with Gasteiger partial charge in [0.2, 0.25) is 10.0 Å². The van der Waals surface area contributed by atoms with Gasteiger partial charge in [0.15, 0.2) is 0 Å². The molecule has 0 atom stereocenters. The number of sulfonamides is 1. The van der Waals surface area contributed by atoms with Crippen LogP contribution in [0.5, 0.6) is 0 Å². The highest BCUT2D eigenvalue weighted by atomic mass is 32.2. The normalized spacial score (nSPS) is 13.3. The molecule has 0 unspecified atom stereocenters. The van der Waals surface area contributed by atoms with Gasteiger partial charge in [0, 0.05) is 26.4 Å². The lowest BCUT2D eigenvalue weighted by molar-refractivity contribution is -0.117. The maximum atomic E-state index is 13.0. The van der Waals surface area contributed by atoms with Crippen molar-refractivity contribution in [2.75, 3.05) is 20.1 Å². The summed E-state index contributed by atoms with van der Waals surface area (Å²) in [6.07, 6.45) is 12.7. The van der Waals surface area contributed by atoms with Crippen molar-refractivity contribution in [1.29, 1.82) is 0 Å². The summed E-state index contributed by atoms with van der Waals surface area (Å²) in [6, 6.07) is 6.92. The van der Waals surface area contributed by atoms with E-state index >= 15 is 0 Å². The minimum absolute atomic E-state index is 0.222. The zero-order chi connectivity index (χ0) is 24.0. The first-order chi connectivity index (χ1) is 15.3. The van der Waals surface area contributed by atoms with Crippen molar-refractivity contribution >= 4 is 27.7 Å². The van der Waals surface area contributed by atoms with Gasteiger partial charge in [0.05, 0.1) is 4.90 Å². The number of hydrogen-bond acceptors (Lipinski definition) is 4. The molecule has 1 aromatic rings. The average Bonchev–Trinajstić information content (AvgIpc) is 2.79. The molecule has 1 aromatic carbocycles. The van der Waals surface area contributed by atoms with Crippen LogP contribution in [0.25, 0.3) is 5.57 Å². The zero-order valence-electron chi connectivity index (χ0n) is 19.5. The maximum Gasteiger partial charge on any atom is 0.269 e. The first kappa shape index (κ1) is 27.3. The number of aliphatic imine (C=N–C) groups is 1. The van der Waals surface area contributed by atoms with Crippen LogP contribution in [0.2, 0.25) is 0 Å². The lowest BCUT2D eigenvalue weighted by Gasteiger charge is -2.18. The van der Waals surface area contributed by atoms with Gasteiger partial charge in [-0.25, -0.2) is 12.7 Å². The van der Waals surface area contributed by atoms with Gasteiger partial charge in [-0.3, -0.25) is 9.79 Å². The van der Waals surface area contributed by atoms with E-state index in [1.807, 2.05) is 38.1 Å². The monoisotopic (exact) mass is 457 g/mol. The van der Waals surface area contributed by atoms with Crippen LogP contribution in [-0.2, 0) is 14.8 Å². The molecule has 0 aliphatic carbocycles. The number of carbonyl (C=O) groups is 1. The molecule has 7 heteroatoms. The molecule has 0 aliphatic rings. The van der Waals surface area contributed by atoms with Crippen LogP contribution < -0.4 is 5.32 Å². The first-order valence-electron chi connectivity index (χ1n) is 10.8. The summed E-state index contributed by atoms with van der Waals surface area (Å²) in [5, 5.41) is 2.82. The third kappa shape index (κ3) is 8.40. The highest BCUT2D eigenvalue weighted by Gasteiger charge is 2.20. The SMILES string of the molecule is C=CC=CC(=CC)c1cccc(S(=O)(=O)N(C)CCCCNC(=O)/C(=C/C)N=CCC)c1. The van der Waals surface area contributed by atoms with E-state index < -0.39 is 10.0 Å². The fourth-order valence-electron chi connectivity index (χ4n) is 2.87. The molecule has 32 heavy (non-hydrogen) atoms. The van der Waals surface area contributed by atoms with E-state index in [9.17, 15) is 13.2 Å². The van der Waals surface area contributed by atoms with Crippen molar-refractivity contribution in [2.24, 2.45) is 4.99 Å². The largest absolute Gasteiger partial charge is 0.351 e. The second-order valence-electron chi connectivity index (χ2n) is 7.05. The van der Waals surface area contributed by atoms with Crippen molar-refractivity contribution in [3.05, 3.63) is 72.5 Å². The Kier molecular flexibility index (Phi) is 12.2. The molecule has 0 saturated heterocycles. The lowest BCUT2D eigenvalue weighted by atomic mass is 10.1. The van der Waals surface area contributed by atoms with E-state index in [1.165, 1.54) is 4.31 Å². The molecular weight excluding hydrogens is 422 g/mol. The van der Waals surface area contributed by atoms with Gasteiger partial charge in [-0.2, -0.15) is 0 Å². The smallest absolute Gasteiger partial charge is 0.269 e. The highest BCUT2D eigenvalue weighted by molar-refractivity contribution is 7.89. The molecule has 6 nitrogen and oxygen atoms in total. The highest BCUT2D eigenvalue weighted by Crippen LogP contribution is 2.22. The fourth-order valence-corrected chi connectivity index (χ4v) is 4.13. The Morgan fingerprint density at radius 3 is 2.59 bits per heavy atom. The Labute approximate surface area is 193 Å². The van der Waals surface area contributed by atoms with E-state index in [1.54, 1.807) is 50.5 Å². The van der Waals surface area contributed by atoms with E-state index in [0.717, 1.165) is 17.6 Å². The van der Waals surface area contributed by atoms with Gasteiger partial charge in [0.25, 0.3) is 5.91 Å². The molecule has 0 aromatic heterocycles. The van der Waals surface area contributed by atoms with Crippen molar-refractivity contribution in [1.82, 2.24) is 9.62 Å². The second kappa shape index (κ2) is 14.3. The summed E-state index contributed by atoms with van der Waals surface area (Å²) < 4.78 is 27.3. The fraction of sp³-hybridized carbons (Fsp3) is 0.360. The summed E-state index contributed by atoms with van der Waals surface area (Å²) >= 11 is 0. The molecule has 1 rings (SSSR count). The Balaban J connectivity index is 2.68. The van der Waals surface area contributed by atoms with Crippen molar-refractivity contribution in [3.63, 3.8) is 0 Å². The molecule has 0 fully saturated rings. The molecule has 1 N–H and O–H groups in total. The molecule has 1 amide bonds. The van der Waals surface area contributed by atoms with Gasteiger partial charge in [0.1, 0.15) is 5.70 Å². The van der Waals surface area contributed by atoms with Crippen LogP contribution in [0, 0.1) is 0 Å². The van der Waals surface area contributed by atoms with Gasteiger partial charge >= 0.3 is 0 Å². The number of benzene rings is 1. The minimum Gasteiger partial charge on any atom is -0.351 e. The van der Waals surface area contributed by atoms with Gasteiger partial charge < -0.3 is 5.32 Å². The van der Waals surface area contributed by atoms with Crippen molar-refractivity contribution in [3.8, 4) is 0 Å². The Hall–Kier alpha value is -2.77. The quantitative estimate of drug-likeness (QED) is 0.201. The Morgan fingerprint density at radius 2 is 1.97 bits per heavy atom. The first-order valence-corrected chi connectivity index (χ1v) is 12.2. The Bertz CT molecular complexity index is 989. The number of hydrogen-bond donors (Lipinski definition) is 1. The predicted octanol–water partition coefficient (Wildman–Crippen LogP) is 4.73. The van der Waals surface area contributed by atoms with E-state index in [-0.39, 0.29) is 10.8 Å². The number of allylic oxidation sites excluding steroid dienone is 6. The summed E-state index contributed by atoms with van der Waals surface area (Å²) in [6.45, 7) is 10.1. The van der Waals surface area contributed by atoms with Crippen LogP contribution in [0.4, 0.5) is 0 Å². The average molecular weight is 458 g/mol. The van der Waals surface area contributed by atoms with Crippen molar-refractivity contribution < 1.29 is 13.2 Å². The number of nitrogens with zero attached hydrogens (tertiary/aromatic N) is 2. The van der Waals surface area contributed by atoms with Crippen LogP contribution >= 0.6 is 0 Å². The standard InChI is InChI=1S/C25H35N3O3S/c1-6-10-14-21(8-3)22-15-13-16-23(20-22)32(30,31)28(5)19-12-11-18-27-25(29)24(9-4)26-17-7-2/h6,8-10,13-17,20H,1,7,11-12,18-19H2,2-5H3,(H,27,29)/b14-10?,21-8?,24-9-,26-17?. The van der Waals surface area contributed by atoms with E-state index in [0.29, 0.717) is 31.6 Å². The van der Waals surface area contributed by atoms with Gasteiger partial charge in [-0.15, -0.1) is 0 Å². The van der Waals surface area contributed by atoms with Gasteiger partial charge in [-0.1, -0.05) is 56.0 Å². The molecular formula is C25H35N3O3S. The van der Waals surface area contributed by atoms with Crippen molar-refractivity contribution in [2.45, 2.75) is 44.9 Å². The van der Waals surface area contributed by atoms with E-state index in [2.05, 4.69) is 16.9 Å². The number of amides is 1. The van der Waals surface area contributed by atoms with E-state index in [4.69, 9.17) is 0 Å². The number of carbonyl (C=O) groups excluding carboxylic acids is 1. The number of unbranched alkanes of at least 4 members (excludes halogenated alkanes) is 1. The predicted molar refractivity (Wildman–Crippen MR) is 134 cm³/mol. The lowest BCUT2D eigenvalue weighted by Crippen LogP contribution is -2.29. The molecule has 0 heterocycles. The van der Waals surface area contributed by atoms with Crippen LogP contribution in [0.15, 0.2) is 76.8 Å². The molecule has 174 valence electrons. The number of rotatable bonds is 13. The summed E-state index contributed by atoms with van der Waals surface area (Å²) in [7, 11) is -2.03. The van der Waals surface area contributed by atoms with Crippen LogP contribution in [-0.4, -0.2) is 45.0 Å². The molecule has 0 bridgehead atoms. The second-order valence-corrected chi connectivity index (χ2v) is 9.09. The Morgan fingerprint density at radius 1 is 1.22 bits per heavy atom. The summed E-state index contributed by atoms with van der Waals surface area (Å²) in [5.74, 6) is -0.222. The zero-order valence-corrected chi connectivity index (χ0v) is 20.4. The topological polar surface area (TPSA) is 78.8 Å². The molecule has 0 saturated carbocycles. The van der Waals surface area contributed by atoms with Crippen LogP contribution in [0.3, 0.4) is 0 Å². The minimum atomic E-state index is -3.61. The third-order valence-corrected chi connectivity index (χ3v) is 6.56. The summed E-state index contributed by atoms with van der Waals surface area (Å²) in [5.41, 5.74) is 2.13. The molecule has 0 aliphatic heterocycles. The summed E-state index contributed by atoms with van der Waals surface area (Å²) in [4.78, 5) is 16.5. The van der Waals surface area contributed by atoms with Gasteiger partial charge in [-0.05, 0) is 56.4 Å². The van der Waals surface area contributed by atoms with Crippen LogP contribution in [0.1, 0.15) is 45.6 Å².